The van der Waals surface area contributed by atoms with Crippen LogP contribution in [0.15, 0.2) is 24.3 Å². The fourth-order valence-electron chi connectivity index (χ4n) is 1.02. The Balaban J connectivity index is 2.64. The Labute approximate surface area is 77.1 Å². The van der Waals surface area contributed by atoms with E-state index in [1.165, 1.54) is 0 Å². The Morgan fingerprint density at radius 1 is 1.31 bits per heavy atom. The Kier molecular flexibility index (Phi) is 3.14. The summed E-state index contributed by atoms with van der Waals surface area (Å²) in [6.07, 6.45) is 0. The standard InChI is InChI=1S/C9H13N3O/c1-2-11-7-3-5-8(6-4-7)12-9(10)13/h3-6,11H,2H2,1H3,(H3,10,12,13). The van der Waals surface area contributed by atoms with E-state index >= 15 is 0 Å². The molecular weight excluding hydrogens is 166 g/mol. The lowest BCUT2D eigenvalue weighted by Crippen LogP contribution is -2.19. The second-order valence-corrected chi connectivity index (χ2v) is 2.60. The average Bonchev–Trinajstić information content (AvgIpc) is 2.08. The van der Waals surface area contributed by atoms with E-state index in [0.717, 1.165) is 12.2 Å². The van der Waals surface area contributed by atoms with Crippen molar-refractivity contribution in [1.82, 2.24) is 0 Å². The van der Waals surface area contributed by atoms with Crippen molar-refractivity contribution in [3.8, 4) is 0 Å². The van der Waals surface area contributed by atoms with Gasteiger partial charge in [0.05, 0.1) is 0 Å². The summed E-state index contributed by atoms with van der Waals surface area (Å²) in [7, 11) is 0. The summed E-state index contributed by atoms with van der Waals surface area (Å²) in [6, 6.07) is 6.81. The van der Waals surface area contributed by atoms with E-state index in [4.69, 9.17) is 5.73 Å². The van der Waals surface area contributed by atoms with Crippen LogP contribution in [0.5, 0.6) is 0 Å². The van der Waals surface area contributed by atoms with Crippen molar-refractivity contribution in [2.45, 2.75) is 6.92 Å². The number of benzene rings is 1. The van der Waals surface area contributed by atoms with Crippen LogP contribution in [0.2, 0.25) is 0 Å². The SMILES string of the molecule is CCNc1ccc(NC(N)=O)cc1. The molecule has 4 nitrogen and oxygen atoms in total. The van der Waals surface area contributed by atoms with Crippen molar-refractivity contribution in [2.24, 2.45) is 5.73 Å². The molecule has 0 radical (unpaired) electrons. The van der Waals surface area contributed by atoms with Crippen molar-refractivity contribution in [3.63, 3.8) is 0 Å². The van der Waals surface area contributed by atoms with Crippen LogP contribution in [0.25, 0.3) is 0 Å². The molecule has 4 N–H and O–H groups in total. The highest BCUT2D eigenvalue weighted by molar-refractivity contribution is 5.87. The van der Waals surface area contributed by atoms with Crippen LogP contribution < -0.4 is 16.4 Å². The molecule has 0 bridgehead atoms. The minimum atomic E-state index is -0.545. The predicted octanol–water partition coefficient (Wildman–Crippen LogP) is 1.61. The summed E-state index contributed by atoms with van der Waals surface area (Å²) in [4.78, 5) is 10.5. The quantitative estimate of drug-likeness (QED) is 0.659. The average molecular weight is 179 g/mol. The molecule has 1 rings (SSSR count). The fraction of sp³-hybridized carbons (Fsp3) is 0.222. The fourth-order valence-corrected chi connectivity index (χ4v) is 1.02. The van der Waals surface area contributed by atoms with Crippen molar-refractivity contribution in [2.75, 3.05) is 17.2 Å². The van der Waals surface area contributed by atoms with Crippen molar-refractivity contribution in [3.05, 3.63) is 24.3 Å². The summed E-state index contributed by atoms with van der Waals surface area (Å²) >= 11 is 0. The minimum Gasteiger partial charge on any atom is -0.385 e. The molecule has 4 heteroatoms. The van der Waals surface area contributed by atoms with E-state index in [2.05, 4.69) is 10.6 Å². The van der Waals surface area contributed by atoms with Gasteiger partial charge in [-0.3, -0.25) is 0 Å². The number of rotatable bonds is 3. The topological polar surface area (TPSA) is 67.2 Å². The van der Waals surface area contributed by atoms with Gasteiger partial charge < -0.3 is 16.4 Å². The first-order valence-corrected chi connectivity index (χ1v) is 4.12. The van der Waals surface area contributed by atoms with Gasteiger partial charge >= 0.3 is 6.03 Å². The highest BCUT2D eigenvalue weighted by Crippen LogP contribution is 2.12. The van der Waals surface area contributed by atoms with E-state index in [9.17, 15) is 4.79 Å². The maximum Gasteiger partial charge on any atom is 0.316 e. The van der Waals surface area contributed by atoms with Gasteiger partial charge in [0.25, 0.3) is 0 Å². The zero-order valence-electron chi connectivity index (χ0n) is 7.50. The van der Waals surface area contributed by atoms with Gasteiger partial charge in [0.1, 0.15) is 0 Å². The van der Waals surface area contributed by atoms with Gasteiger partial charge in [-0.2, -0.15) is 0 Å². The van der Waals surface area contributed by atoms with Gasteiger partial charge in [-0.05, 0) is 31.2 Å². The van der Waals surface area contributed by atoms with E-state index in [1.54, 1.807) is 12.1 Å². The number of nitrogens with two attached hydrogens (primary N) is 1. The Bertz CT molecular complexity index is 281. The Morgan fingerprint density at radius 3 is 2.31 bits per heavy atom. The first-order chi connectivity index (χ1) is 6.22. The third-order valence-corrected chi connectivity index (χ3v) is 1.53. The normalized spacial score (nSPS) is 9.31. The van der Waals surface area contributed by atoms with Crippen molar-refractivity contribution in [1.29, 1.82) is 0 Å². The van der Waals surface area contributed by atoms with Gasteiger partial charge in [0.15, 0.2) is 0 Å². The lowest BCUT2D eigenvalue weighted by Gasteiger charge is -2.04. The van der Waals surface area contributed by atoms with Crippen LogP contribution in [-0.4, -0.2) is 12.6 Å². The minimum absolute atomic E-state index is 0.545. The zero-order chi connectivity index (χ0) is 9.68. The lowest BCUT2D eigenvalue weighted by atomic mass is 10.3. The number of amides is 2. The molecule has 0 heterocycles. The highest BCUT2D eigenvalue weighted by Gasteiger charge is 1.94. The Morgan fingerprint density at radius 2 is 1.85 bits per heavy atom. The molecule has 0 unspecified atom stereocenters. The molecule has 0 aliphatic rings. The maximum atomic E-state index is 10.5. The molecule has 0 saturated heterocycles. The molecule has 0 spiro atoms. The van der Waals surface area contributed by atoms with Gasteiger partial charge in [0, 0.05) is 17.9 Å². The molecule has 13 heavy (non-hydrogen) atoms. The molecule has 0 aromatic heterocycles. The predicted molar refractivity (Wildman–Crippen MR) is 53.8 cm³/mol. The first kappa shape index (κ1) is 9.38. The summed E-state index contributed by atoms with van der Waals surface area (Å²) in [5, 5.41) is 5.63. The maximum absolute atomic E-state index is 10.5. The number of carbonyl (C=O) groups excluding carboxylic acids is 1. The number of nitrogens with one attached hydrogen (secondary N) is 2. The van der Waals surface area contributed by atoms with Crippen LogP contribution >= 0.6 is 0 Å². The number of carbonyl (C=O) groups is 1. The lowest BCUT2D eigenvalue weighted by molar-refractivity contribution is 0.259. The number of hydrogen-bond acceptors (Lipinski definition) is 2. The number of urea groups is 1. The van der Waals surface area contributed by atoms with Crippen molar-refractivity contribution >= 4 is 17.4 Å². The summed E-state index contributed by atoms with van der Waals surface area (Å²) in [5.74, 6) is 0. The first-order valence-electron chi connectivity index (χ1n) is 4.12. The molecular formula is C9H13N3O. The third kappa shape index (κ3) is 3.02. The second-order valence-electron chi connectivity index (χ2n) is 2.60. The monoisotopic (exact) mass is 179 g/mol. The van der Waals surface area contributed by atoms with Crippen LogP contribution in [0.1, 0.15) is 6.92 Å². The van der Waals surface area contributed by atoms with Gasteiger partial charge in [0.2, 0.25) is 0 Å². The summed E-state index contributed by atoms with van der Waals surface area (Å²) < 4.78 is 0. The smallest absolute Gasteiger partial charge is 0.316 e. The molecule has 70 valence electrons. The molecule has 0 saturated carbocycles. The Hall–Kier alpha value is -1.71. The number of primary amides is 1. The summed E-state index contributed by atoms with van der Waals surface area (Å²) in [5.41, 5.74) is 6.68. The molecule has 0 atom stereocenters. The molecule has 1 aromatic rings. The van der Waals surface area contributed by atoms with E-state index < -0.39 is 6.03 Å². The largest absolute Gasteiger partial charge is 0.385 e. The number of anilines is 2. The molecule has 0 aliphatic carbocycles. The molecule has 2 amide bonds. The second kappa shape index (κ2) is 4.35. The third-order valence-electron chi connectivity index (χ3n) is 1.53. The van der Waals surface area contributed by atoms with Crippen LogP contribution in [-0.2, 0) is 0 Å². The van der Waals surface area contributed by atoms with Crippen molar-refractivity contribution < 1.29 is 4.79 Å². The van der Waals surface area contributed by atoms with E-state index in [0.29, 0.717) is 5.69 Å². The van der Waals surface area contributed by atoms with Crippen LogP contribution in [0, 0.1) is 0 Å². The van der Waals surface area contributed by atoms with Crippen LogP contribution in [0.4, 0.5) is 16.2 Å². The molecule has 1 aromatic carbocycles. The zero-order valence-corrected chi connectivity index (χ0v) is 7.50. The molecule has 0 fully saturated rings. The van der Waals surface area contributed by atoms with Gasteiger partial charge in [-0.15, -0.1) is 0 Å². The summed E-state index contributed by atoms with van der Waals surface area (Å²) in [6.45, 7) is 2.90. The molecule has 0 aliphatic heterocycles. The van der Waals surface area contributed by atoms with E-state index in [1.807, 2.05) is 19.1 Å². The van der Waals surface area contributed by atoms with Gasteiger partial charge in [-0.1, -0.05) is 0 Å². The number of hydrogen-bond donors (Lipinski definition) is 3. The van der Waals surface area contributed by atoms with E-state index in [-0.39, 0.29) is 0 Å². The highest BCUT2D eigenvalue weighted by atomic mass is 16.2. The van der Waals surface area contributed by atoms with Gasteiger partial charge in [-0.25, -0.2) is 4.79 Å². The van der Waals surface area contributed by atoms with Crippen LogP contribution in [0.3, 0.4) is 0 Å².